The summed E-state index contributed by atoms with van der Waals surface area (Å²) < 4.78 is 10.7. The fourth-order valence-corrected chi connectivity index (χ4v) is 2.50. The maximum Gasteiger partial charge on any atom is 0.318 e. The minimum Gasteiger partial charge on any atom is -0.497 e. The number of imide groups is 1. The molecule has 1 saturated carbocycles. The van der Waals surface area contributed by atoms with E-state index in [0.717, 1.165) is 29.9 Å². The Hall–Kier alpha value is -2.28. The van der Waals surface area contributed by atoms with Crippen LogP contribution in [0.3, 0.4) is 0 Å². The molecule has 0 unspecified atom stereocenters. The number of urea groups is 1. The molecule has 7 heteroatoms. The van der Waals surface area contributed by atoms with Crippen LogP contribution in [0, 0.1) is 0 Å². The van der Waals surface area contributed by atoms with E-state index < -0.39 is 6.03 Å². The molecule has 0 heterocycles. The van der Waals surface area contributed by atoms with Crippen molar-refractivity contribution in [1.29, 1.82) is 0 Å². The van der Waals surface area contributed by atoms with Crippen LogP contribution >= 0.6 is 0 Å². The predicted molar refractivity (Wildman–Crippen MR) is 85.3 cm³/mol. The largest absolute Gasteiger partial charge is 0.497 e. The van der Waals surface area contributed by atoms with Gasteiger partial charge in [-0.15, -0.1) is 0 Å². The zero-order valence-corrected chi connectivity index (χ0v) is 13.5. The van der Waals surface area contributed by atoms with Crippen molar-refractivity contribution in [2.45, 2.75) is 31.8 Å². The summed E-state index contributed by atoms with van der Waals surface area (Å²) in [6.07, 6.45) is 2.46. The highest BCUT2D eigenvalue weighted by Gasteiger charge is 2.29. The standard InChI is InChI=1S/C16H23N3O4/c1-22-13-5-6-14(23-2)11(9-13)10-19(12-3-4-12)8-7-15(20)18-16(17)21/h5-6,9,12H,3-4,7-8,10H2,1-2H3,(H3,17,18,20,21). The van der Waals surface area contributed by atoms with Gasteiger partial charge in [-0.2, -0.15) is 0 Å². The first-order chi connectivity index (χ1) is 11.0. The van der Waals surface area contributed by atoms with Gasteiger partial charge in [0.2, 0.25) is 5.91 Å². The average molecular weight is 321 g/mol. The number of carbonyl (C=O) groups excluding carboxylic acids is 2. The van der Waals surface area contributed by atoms with Crippen LogP contribution in [0.15, 0.2) is 18.2 Å². The lowest BCUT2D eigenvalue weighted by atomic mass is 10.1. The summed E-state index contributed by atoms with van der Waals surface area (Å²) in [6.45, 7) is 1.22. The quantitative estimate of drug-likeness (QED) is 0.751. The Kier molecular flexibility index (Phi) is 5.81. The van der Waals surface area contributed by atoms with Gasteiger partial charge in [0.05, 0.1) is 14.2 Å². The number of methoxy groups -OCH3 is 2. The second-order valence-electron chi connectivity index (χ2n) is 5.54. The molecule has 126 valence electrons. The van der Waals surface area contributed by atoms with Crippen molar-refractivity contribution in [3.8, 4) is 11.5 Å². The second-order valence-corrected chi connectivity index (χ2v) is 5.54. The SMILES string of the molecule is COc1ccc(OC)c(CN(CCC(=O)NC(N)=O)C2CC2)c1. The number of nitrogens with zero attached hydrogens (tertiary/aromatic N) is 1. The van der Waals surface area contributed by atoms with Crippen molar-refractivity contribution in [1.82, 2.24) is 10.2 Å². The van der Waals surface area contributed by atoms with E-state index in [2.05, 4.69) is 10.2 Å². The van der Waals surface area contributed by atoms with E-state index in [1.807, 2.05) is 18.2 Å². The van der Waals surface area contributed by atoms with Crippen LogP contribution in [-0.2, 0) is 11.3 Å². The summed E-state index contributed by atoms with van der Waals surface area (Å²) in [4.78, 5) is 24.5. The van der Waals surface area contributed by atoms with Crippen molar-refractivity contribution in [3.05, 3.63) is 23.8 Å². The van der Waals surface area contributed by atoms with E-state index in [9.17, 15) is 9.59 Å². The number of hydrogen-bond acceptors (Lipinski definition) is 5. The molecule has 0 spiro atoms. The van der Waals surface area contributed by atoms with Crippen LogP contribution in [0.1, 0.15) is 24.8 Å². The molecule has 0 saturated heterocycles. The van der Waals surface area contributed by atoms with Crippen molar-refractivity contribution < 1.29 is 19.1 Å². The van der Waals surface area contributed by atoms with Gasteiger partial charge in [0.25, 0.3) is 0 Å². The Morgan fingerprint density at radius 2 is 2.04 bits per heavy atom. The topological polar surface area (TPSA) is 93.9 Å². The van der Waals surface area contributed by atoms with E-state index in [-0.39, 0.29) is 12.3 Å². The molecule has 3 amide bonds. The number of amides is 3. The third kappa shape index (κ3) is 5.14. The third-order valence-corrected chi connectivity index (χ3v) is 3.81. The van der Waals surface area contributed by atoms with Gasteiger partial charge < -0.3 is 15.2 Å². The minimum absolute atomic E-state index is 0.228. The van der Waals surface area contributed by atoms with Crippen molar-refractivity contribution >= 4 is 11.9 Å². The first kappa shape index (κ1) is 17.1. The number of nitrogens with one attached hydrogen (secondary N) is 1. The van der Waals surface area contributed by atoms with Crippen LogP contribution < -0.4 is 20.5 Å². The number of carbonyl (C=O) groups is 2. The maximum absolute atomic E-state index is 11.6. The Morgan fingerprint density at radius 3 is 2.61 bits per heavy atom. The van der Waals surface area contributed by atoms with Crippen LogP contribution in [0.4, 0.5) is 4.79 Å². The van der Waals surface area contributed by atoms with E-state index >= 15 is 0 Å². The van der Waals surface area contributed by atoms with E-state index in [0.29, 0.717) is 19.1 Å². The molecule has 3 N–H and O–H groups in total. The monoisotopic (exact) mass is 321 g/mol. The van der Waals surface area contributed by atoms with E-state index in [1.165, 1.54) is 0 Å². The van der Waals surface area contributed by atoms with Gasteiger partial charge in [-0.1, -0.05) is 0 Å². The second kappa shape index (κ2) is 7.82. The normalized spacial score (nSPS) is 13.7. The van der Waals surface area contributed by atoms with Gasteiger partial charge in [0.15, 0.2) is 0 Å². The first-order valence-corrected chi connectivity index (χ1v) is 7.57. The van der Waals surface area contributed by atoms with Gasteiger partial charge in [-0.25, -0.2) is 4.79 Å². The van der Waals surface area contributed by atoms with Crippen molar-refractivity contribution in [2.75, 3.05) is 20.8 Å². The molecule has 1 aliphatic rings. The highest BCUT2D eigenvalue weighted by atomic mass is 16.5. The van der Waals surface area contributed by atoms with Crippen molar-refractivity contribution in [3.63, 3.8) is 0 Å². The number of primary amides is 1. The lowest BCUT2D eigenvalue weighted by molar-refractivity contribution is -0.120. The zero-order valence-electron chi connectivity index (χ0n) is 13.5. The molecule has 0 atom stereocenters. The van der Waals surface area contributed by atoms with Gasteiger partial charge in [0, 0.05) is 31.1 Å². The van der Waals surface area contributed by atoms with Gasteiger partial charge in [-0.3, -0.25) is 15.0 Å². The molecule has 2 rings (SSSR count). The molecular formula is C16H23N3O4. The maximum atomic E-state index is 11.6. The number of ether oxygens (including phenoxy) is 2. The fraction of sp³-hybridized carbons (Fsp3) is 0.500. The lowest BCUT2D eigenvalue weighted by Gasteiger charge is -2.23. The van der Waals surface area contributed by atoms with Gasteiger partial charge in [-0.05, 0) is 31.0 Å². The average Bonchev–Trinajstić information content (AvgIpc) is 3.35. The van der Waals surface area contributed by atoms with Crippen molar-refractivity contribution in [2.24, 2.45) is 5.73 Å². The van der Waals surface area contributed by atoms with E-state index in [1.54, 1.807) is 14.2 Å². The first-order valence-electron chi connectivity index (χ1n) is 7.57. The summed E-state index contributed by atoms with van der Waals surface area (Å²) in [5.74, 6) is 1.20. The Bertz CT molecular complexity index is 572. The lowest BCUT2D eigenvalue weighted by Crippen LogP contribution is -2.37. The van der Waals surface area contributed by atoms with Gasteiger partial charge >= 0.3 is 6.03 Å². The molecule has 7 nitrogen and oxygen atoms in total. The van der Waals surface area contributed by atoms with Crippen LogP contribution in [0.5, 0.6) is 11.5 Å². The molecule has 0 radical (unpaired) electrons. The molecular weight excluding hydrogens is 298 g/mol. The molecule has 1 aromatic rings. The minimum atomic E-state index is -0.817. The van der Waals surface area contributed by atoms with E-state index in [4.69, 9.17) is 15.2 Å². The Morgan fingerprint density at radius 1 is 1.30 bits per heavy atom. The predicted octanol–water partition coefficient (Wildman–Crippen LogP) is 1.25. The number of benzene rings is 1. The molecule has 0 aromatic heterocycles. The summed E-state index contributed by atoms with van der Waals surface area (Å²) >= 11 is 0. The Labute approximate surface area is 135 Å². The molecule has 1 aliphatic carbocycles. The molecule has 23 heavy (non-hydrogen) atoms. The summed E-state index contributed by atoms with van der Waals surface area (Å²) in [5, 5.41) is 2.09. The summed E-state index contributed by atoms with van der Waals surface area (Å²) in [7, 11) is 3.26. The Balaban J connectivity index is 2.02. The number of hydrogen-bond donors (Lipinski definition) is 2. The number of nitrogens with two attached hydrogens (primary N) is 1. The number of rotatable bonds is 8. The summed E-state index contributed by atoms with van der Waals surface area (Å²) in [6, 6.07) is 5.32. The fourth-order valence-electron chi connectivity index (χ4n) is 2.50. The molecule has 1 fully saturated rings. The van der Waals surface area contributed by atoms with Crippen LogP contribution in [0.2, 0.25) is 0 Å². The van der Waals surface area contributed by atoms with Crippen LogP contribution in [0.25, 0.3) is 0 Å². The molecule has 1 aromatic carbocycles. The zero-order chi connectivity index (χ0) is 16.8. The smallest absolute Gasteiger partial charge is 0.318 e. The molecule has 0 bridgehead atoms. The van der Waals surface area contributed by atoms with Crippen LogP contribution in [-0.4, -0.2) is 43.6 Å². The third-order valence-electron chi connectivity index (χ3n) is 3.81. The van der Waals surface area contributed by atoms with Gasteiger partial charge in [0.1, 0.15) is 11.5 Å². The molecule has 0 aliphatic heterocycles. The highest BCUT2D eigenvalue weighted by Crippen LogP contribution is 2.31. The summed E-state index contributed by atoms with van der Waals surface area (Å²) in [5.41, 5.74) is 5.96. The highest BCUT2D eigenvalue weighted by molar-refractivity contribution is 5.93.